The molecule has 0 saturated heterocycles. The van der Waals surface area contributed by atoms with Crippen LogP contribution in [0.3, 0.4) is 0 Å². The molecule has 2 aromatic rings. The van der Waals surface area contributed by atoms with Gasteiger partial charge in [0.05, 0.1) is 51.3 Å². The van der Waals surface area contributed by atoms with Gasteiger partial charge in [-0.3, -0.25) is 4.79 Å². The van der Waals surface area contributed by atoms with Gasteiger partial charge in [0.2, 0.25) is 5.91 Å². The van der Waals surface area contributed by atoms with Crippen LogP contribution in [0.2, 0.25) is 25.1 Å². The van der Waals surface area contributed by atoms with Crippen molar-refractivity contribution in [3.63, 3.8) is 0 Å². The molecule has 1 N–H and O–H groups in total. The first-order valence-electron chi connectivity index (χ1n) is 7.48. The van der Waals surface area contributed by atoms with Crippen molar-refractivity contribution in [1.82, 2.24) is 5.43 Å². The molecule has 0 aromatic heterocycles. The Morgan fingerprint density at radius 3 is 2.21 bits per heavy atom. The molecule has 0 spiro atoms. The summed E-state index contributed by atoms with van der Waals surface area (Å²) >= 11 is 31.3. The molecule has 150 valence electrons. The molecule has 0 aliphatic heterocycles. The zero-order valence-electron chi connectivity index (χ0n) is 14.5. The zero-order chi connectivity index (χ0) is 20.8. The number of benzene rings is 2. The highest BCUT2D eigenvalue weighted by molar-refractivity contribution is 8.00. The summed E-state index contributed by atoms with van der Waals surface area (Å²) in [6, 6.07) is 5.21. The highest BCUT2D eigenvalue weighted by atomic mass is 35.5. The predicted molar refractivity (Wildman–Crippen MR) is 117 cm³/mol. The quantitative estimate of drug-likeness (QED) is 0.161. The van der Waals surface area contributed by atoms with Crippen molar-refractivity contribution < 1.29 is 14.3 Å². The molecule has 28 heavy (non-hydrogen) atoms. The van der Waals surface area contributed by atoms with Gasteiger partial charge in [0.25, 0.3) is 0 Å². The lowest BCUT2D eigenvalue weighted by Crippen LogP contribution is -2.19. The lowest BCUT2D eigenvalue weighted by Gasteiger charge is -2.11. The highest BCUT2D eigenvalue weighted by Crippen LogP contribution is 2.47. The fourth-order valence-electron chi connectivity index (χ4n) is 2.00. The SMILES string of the molecule is COc1ccc(OC)c(C=NNC(=O)CSc2c(Cl)c(Cl)c(Cl)c(Cl)c2Cl)c1. The minimum atomic E-state index is -0.391. The summed E-state index contributed by atoms with van der Waals surface area (Å²) in [5, 5.41) is 4.38. The largest absolute Gasteiger partial charge is 0.497 e. The third kappa shape index (κ3) is 5.53. The summed E-state index contributed by atoms with van der Waals surface area (Å²) in [5.74, 6) is 0.792. The fourth-order valence-corrected chi connectivity index (χ4v) is 4.37. The number of halogens is 5. The number of hydrazone groups is 1. The van der Waals surface area contributed by atoms with E-state index in [2.05, 4.69) is 10.5 Å². The van der Waals surface area contributed by atoms with Crippen molar-refractivity contribution in [3.05, 3.63) is 48.9 Å². The number of nitrogens with zero attached hydrogens (tertiary/aromatic N) is 1. The average molecular weight is 503 g/mol. The first kappa shape index (κ1) is 23.3. The Hall–Kier alpha value is -1.02. The van der Waals surface area contributed by atoms with Gasteiger partial charge < -0.3 is 9.47 Å². The third-order valence-electron chi connectivity index (χ3n) is 3.35. The molecule has 1 amide bonds. The number of carbonyl (C=O) groups excluding carboxylic acids is 1. The van der Waals surface area contributed by atoms with Crippen LogP contribution in [0.4, 0.5) is 0 Å². The van der Waals surface area contributed by atoms with Crippen LogP contribution in [-0.2, 0) is 4.79 Å². The van der Waals surface area contributed by atoms with E-state index in [1.165, 1.54) is 13.3 Å². The lowest BCUT2D eigenvalue weighted by atomic mass is 10.2. The van der Waals surface area contributed by atoms with E-state index in [0.717, 1.165) is 11.8 Å². The molecule has 0 saturated carbocycles. The molecule has 0 bridgehead atoms. The van der Waals surface area contributed by atoms with Crippen molar-refractivity contribution in [3.8, 4) is 11.5 Å². The van der Waals surface area contributed by atoms with Crippen molar-refractivity contribution in [2.24, 2.45) is 5.10 Å². The minimum Gasteiger partial charge on any atom is -0.497 e. The van der Waals surface area contributed by atoms with E-state index in [0.29, 0.717) is 22.0 Å². The lowest BCUT2D eigenvalue weighted by molar-refractivity contribution is -0.118. The summed E-state index contributed by atoms with van der Waals surface area (Å²) in [6.45, 7) is 0. The fraction of sp³-hybridized carbons (Fsp3) is 0.176. The Morgan fingerprint density at radius 1 is 1.04 bits per heavy atom. The van der Waals surface area contributed by atoms with E-state index in [4.69, 9.17) is 67.5 Å². The van der Waals surface area contributed by atoms with E-state index in [9.17, 15) is 4.79 Å². The maximum absolute atomic E-state index is 12.1. The number of methoxy groups -OCH3 is 2. The molecule has 0 unspecified atom stereocenters. The molecule has 5 nitrogen and oxygen atoms in total. The van der Waals surface area contributed by atoms with Gasteiger partial charge in [-0.25, -0.2) is 5.43 Å². The molecular formula is C17H13Cl5N2O3S. The van der Waals surface area contributed by atoms with Crippen molar-refractivity contribution in [1.29, 1.82) is 0 Å². The topological polar surface area (TPSA) is 59.9 Å². The van der Waals surface area contributed by atoms with Crippen LogP contribution < -0.4 is 14.9 Å². The number of ether oxygens (including phenoxy) is 2. The number of amides is 1. The molecule has 0 aliphatic carbocycles. The molecule has 0 heterocycles. The van der Waals surface area contributed by atoms with Crippen molar-refractivity contribution in [2.75, 3.05) is 20.0 Å². The number of carbonyl (C=O) groups is 1. The van der Waals surface area contributed by atoms with Gasteiger partial charge >= 0.3 is 0 Å². The Bertz CT molecular complexity index is 895. The standard InChI is InChI=1S/C17H13Cl5N2O3S/c1-26-9-3-4-10(27-2)8(5-9)6-23-24-11(25)7-28-17-15(21)13(19)12(18)14(20)16(17)22/h3-6H,7H2,1-2H3,(H,24,25). The van der Waals surface area contributed by atoms with Gasteiger partial charge in [0.15, 0.2) is 0 Å². The second-order valence-corrected chi connectivity index (χ2v) is 7.96. The molecular weight excluding hydrogens is 490 g/mol. The van der Waals surface area contributed by atoms with Crippen LogP contribution in [0.25, 0.3) is 0 Å². The van der Waals surface area contributed by atoms with Gasteiger partial charge in [-0.1, -0.05) is 58.0 Å². The molecule has 0 fully saturated rings. The Labute approximate surface area is 191 Å². The van der Waals surface area contributed by atoms with Crippen LogP contribution in [0.5, 0.6) is 11.5 Å². The van der Waals surface area contributed by atoms with Crippen LogP contribution in [0.1, 0.15) is 5.56 Å². The summed E-state index contributed by atoms with van der Waals surface area (Å²) in [7, 11) is 3.08. The van der Waals surface area contributed by atoms with Crippen LogP contribution in [-0.4, -0.2) is 32.1 Å². The first-order chi connectivity index (χ1) is 13.3. The monoisotopic (exact) mass is 500 g/mol. The number of hydrogen-bond acceptors (Lipinski definition) is 5. The second kappa shape index (κ2) is 10.7. The maximum Gasteiger partial charge on any atom is 0.250 e. The number of nitrogens with one attached hydrogen (secondary N) is 1. The summed E-state index contributed by atoms with van der Waals surface area (Å²) in [6.07, 6.45) is 1.44. The predicted octanol–water partition coefficient (Wildman–Crippen LogP) is 6.21. The molecule has 0 radical (unpaired) electrons. The Morgan fingerprint density at radius 2 is 1.64 bits per heavy atom. The molecule has 2 rings (SSSR count). The Kier molecular flexibility index (Phi) is 8.86. The summed E-state index contributed by atoms with van der Waals surface area (Å²) in [5.41, 5.74) is 3.04. The smallest absolute Gasteiger partial charge is 0.250 e. The third-order valence-corrected chi connectivity index (χ3v) is 6.95. The average Bonchev–Trinajstić information content (AvgIpc) is 2.70. The Balaban J connectivity index is 2.04. The van der Waals surface area contributed by atoms with E-state index < -0.39 is 5.91 Å². The highest BCUT2D eigenvalue weighted by Gasteiger charge is 2.20. The van der Waals surface area contributed by atoms with E-state index in [1.54, 1.807) is 25.3 Å². The molecule has 0 atom stereocenters. The van der Waals surface area contributed by atoms with Crippen LogP contribution in [0, 0.1) is 0 Å². The van der Waals surface area contributed by atoms with E-state index >= 15 is 0 Å². The van der Waals surface area contributed by atoms with Crippen molar-refractivity contribution in [2.45, 2.75) is 4.90 Å². The van der Waals surface area contributed by atoms with Gasteiger partial charge in [-0.2, -0.15) is 5.10 Å². The van der Waals surface area contributed by atoms with E-state index in [1.807, 2.05) is 0 Å². The maximum atomic E-state index is 12.1. The van der Waals surface area contributed by atoms with Crippen LogP contribution >= 0.6 is 69.8 Å². The molecule has 2 aromatic carbocycles. The molecule has 0 aliphatic rings. The minimum absolute atomic E-state index is 0.0275. The van der Waals surface area contributed by atoms with Crippen LogP contribution in [0.15, 0.2) is 28.2 Å². The van der Waals surface area contributed by atoms with Gasteiger partial charge in [-0.15, -0.1) is 11.8 Å². The summed E-state index contributed by atoms with van der Waals surface area (Å²) < 4.78 is 10.4. The normalized spacial score (nSPS) is 11.0. The van der Waals surface area contributed by atoms with E-state index in [-0.39, 0.29) is 30.9 Å². The number of rotatable bonds is 7. The van der Waals surface area contributed by atoms with Gasteiger partial charge in [0, 0.05) is 10.5 Å². The molecule has 11 heteroatoms. The first-order valence-corrected chi connectivity index (χ1v) is 10.4. The summed E-state index contributed by atoms with van der Waals surface area (Å²) in [4.78, 5) is 12.4. The zero-order valence-corrected chi connectivity index (χ0v) is 19.1. The second-order valence-electron chi connectivity index (χ2n) is 5.09. The van der Waals surface area contributed by atoms with Gasteiger partial charge in [0.1, 0.15) is 11.5 Å². The number of hydrogen-bond donors (Lipinski definition) is 1. The van der Waals surface area contributed by atoms with Crippen molar-refractivity contribution >= 4 is 81.9 Å². The number of thioether (sulfide) groups is 1. The van der Waals surface area contributed by atoms with Gasteiger partial charge in [-0.05, 0) is 18.2 Å².